The van der Waals surface area contributed by atoms with Gasteiger partial charge in [-0.2, -0.15) is 5.26 Å². The number of carboxylic acids is 1. The van der Waals surface area contributed by atoms with E-state index in [4.69, 9.17) is 9.47 Å². The van der Waals surface area contributed by atoms with Gasteiger partial charge in [0.1, 0.15) is 30.2 Å². The number of nitrogens with zero attached hydrogens (tertiary/aromatic N) is 2. The Labute approximate surface area is 223 Å². The molecule has 1 atom stereocenters. The predicted octanol–water partition coefficient (Wildman–Crippen LogP) is 5.74. The number of ether oxygens (including phenoxy) is 2. The Morgan fingerprint density at radius 1 is 1.11 bits per heavy atom. The van der Waals surface area contributed by atoms with Crippen LogP contribution in [0.4, 0.5) is 0 Å². The van der Waals surface area contributed by atoms with Gasteiger partial charge in [-0.25, -0.2) is 0 Å². The standard InChI is InChI=1S/C32H32N2O4/c1-37-29-15-30(38-19-22-9-5-10-23(26(22)17-33)21-7-3-2-4-8-21)25-12-6-11-24(25)27(29)18-34-20-32(13-14-32)16-28(34)31(35)36/h2-5,7-10,15,28H,6,11-14,16,18-20H2,1H3,(H,35,36)/t28-/m0/s1. The minimum Gasteiger partial charge on any atom is -0.496 e. The molecule has 1 spiro atoms. The summed E-state index contributed by atoms with van der Waals surface area (Å²) in [5.74, 6) is 0.817. The molecule has 1 saturated heterocycles. The molecule has 0 aromatic heterocycles. The highest BCUT2D eigenvalue weighted by molar-refractivity contribution is 5.74. The van der Waals surface area contributed by atoms with Crippen molar-refractivity contribution in [3.8, 4) is 28.7 Å². The van der Waals surface area contributed by atoms with Gasteiger partial charge in [0.25, 0.3) is 0 Å². The van der Waals surface area contributed by atoms with Crippen molar-refractivity contribution < 1.29 is 19.4 Å². The van der Waals surface area contributed by atoms with Crippen LogP contribution in [0.2, 0.25) is 0 Å². The molecule has 6 rings (SSSR count). The molecule has 38 heavy (non-hydrogen) atoms. The summed E-state index contributed by atoms with van der Waals surface area (Å²) in [5.41, 5.74) is 7.10. The molecule has 1 heterocycles. The number of rotatable bonds is 8. The van der Waals surface area contributed by atoms with Gasteiger partial charge < -0.3 is 14.6 Å². The van der Waals surface area contributed by atoms with Crippen molar-refractivity contribution in [3.05, 3.63) is 82.4 Å². The smallest absolute Gasteiger partial charge is 0.320 e. The van der Waals surface area contributed by atoms with Crippen molar-refractivity contribution in [2.45, 2.75) is 57.7 Å². The summed E-state index contributed by atoms with van der Waals surface area (Å²) in [6.07, 6.45) is 5.89. The molecular weight excluding hydrogens is 476 g/mol. The summed E-state index contributed by atoms with van der Waals surface area (Å²) < 4.78 is 12.3. The molecule has 6 heteroatoms. The molecule has 0 radical (unpaired) electrons. The predicted molar refractivity (Wildman–Crippen MR) is 144 cm³/mol. The van der Waals surface area contributed by atoms with Crippen molar-refractivity contribution in [2.24, 2.45) is 5.41 Å². The quantitative estimate of drug-likeness (QED) is 0.418. The lowest BCUT2D eigenvalue weighted by Gasteiger charge is -2.25. The Morgan fingerprint density at radius 3 is 2.61 bits per heavy atom. The Morgan fingerprint density at radius 2 is 1.89 bits per heavy atom. The lowest BCUT2D eigenvalue weighted by Crippen LogP contribution is -2.35. The van der Waals surface area contributed by atoms with E-state index >= 15 is 0 Å². The Kier molecular flexibility index (Phi) is 6.33. The maximum atomic E-state index is 12.0. The van der Waals surface area contributed by atoms with E-state index in [0.717, 1.165) is 78.8 Å². The topological polar surface area (TPSA) is 82.8 Å². The van der Waals surface area contributed by atoms with E-state index < -0.39 is 12.0 Å². The summed E-state index contributed by atoms with van der Waals surface area (Å²) in [5, 5.41) is 19.9. The van der Waals surface area contributed by atoms with Crippen LogP contribution >= 0.6 is 0 Å². The molecule has 1 saturated carbocycles. The number of likely N-dealkylation sites (tertiary alicyclic amines) is 1. The molecule has 0 amide bonds. The molecule has 3 aliphatic rings. The van der Waals surface area contributed by atoms with Crippen LogP contribution < -0.4 is 9.47 Å². The average Bonchev–Trinajstić information content (AvgIpc) is 3.33. The highest BCUT2D eigenvalue weighted by Crippen LogP contribution is 2.55. The third-order valence-electron chi connectivity index (χ3n) is 8.60. The number of fused-ring (bicyclic) bond motifs is 1. The molecule has 1 N–H and O–H groups in total. The van der Waals surface area contributed by atoms with E-state index in [1.165, 1.54) is 11.1 Å². The summed E-state index contributed by atoms with van der Waals surface area (Å²) in [4.78, 5) is 14.2. The van der Waals surface area contributed by atoms with Gasteiger partial charge in [-0.05, 0) is 66.2 Å². The second kappa shape index (κ2) is 9.81. The zero-order chi connectivity index (χ0) is 26.3. The highest BCUT2D eigenvalue weighted by Gasteiger charge is 2.54. The highest BCUT2D eigenvalue weighted by atomic mass is 16.5. The largest absolute Gasteiger partial charge is 0.496 e. The van der Waals surface area contributed by atoms with Gasteiger partial charge in [-0.15, -0.1) is 0 Å². The Balaban J connectivity index is 1.29. The fourth-order valence-electron chi connectivity index (χ4n) is 6.44. The van der Waals surface area contributed by atoms with Gasteiger partial charge in [-0.3, -0.25) is 9.69 Å². The van der Waals surface area contributed by atoms with Gasteiger partial charge >= 0.3 is 5.97 Å². The number of aliphatic carboxylic acids is 1. The van der Waals surface area contributed by atoms with Crippen molar-refractivity contribution in [2.75, 3.05) is 13.7 Å². The molecule has 0 bridgehead atoms. The number of nitriles is 1. The SMILES string of the molecule is COc1cc(OCc2cccc(-c3ccccc3)c2C#N)c2c(c1CN1CC3(CC3)C[C@H]1C(=O)O)CCC2. The van der Waals surface area contributed by atoms with Gasteiger partial charge in [-0.1, -0.05) is 48.5 Å². The normalized spacial score (nSPS) is 19.2. The first-order valence-electron chi connectivity index (χ1n) is 13.4. The van der Waals surface area contributed by atoms with Crippen LogP contribution in [-0.4, -0.2) is 35.7 Å². The zero-order valence-electron chi connectivity index (χ0n) is 21.7. The zero-order valence-corrected chi connectivity index (χ0v) is 21.7. The fraction of sp³-hybridized carbons (Fsp3) is 0.375. The van der Waals surface area contributed by atoms with E-state index in [1.54, 1.807) is 7.11 Å². The molecule has 1 aliphatic heterocycles. The van der Waals surface area contributed by atoms with E-state index in [-0.39, 0.29) is 12.0 Å². The van der Waals surface area contributed by atoms with E-state index in [9.17, 15) is 15.2 Å². The number of carboxylic acid groups (broad SMARTS) is 1. The Bertz CT molecular complexity index is 1420. The number of methoxy groups -OCH3 is 1. The van der Waals surface area contributed by atoms with Crippen LogP contribution in [0.15, 0.2) is 54.6 Å². The van der Waals surface area contributed by atoms with Crippen LogP contribution in [-0.2, 0) is 30.8 Å². The van der Waals surface area contributed by atoms with Crippen LogP contribution in [0.1, 0.15) is 53.5 Å². The van der Waals surface area contributed by atoms with Gasteiger partial charge in [0.05, 0.1) is 12.7 Å². The molecule has 3 aromatic carbocycles. The summed E-state index contributed by atoms with van der Waals surface area (Å²) in [7, 11) is 1.67. The third-order valence-corrected chi connectivity index (χ3v) is 8.60. The van der Waals surface area contributed by atoms with Gasteiger partial charge in [0, 0.05) is 30.3 Å². The second-order valence-electron chi connectivity index (χ2n) is 10.9. The molecule has 2 fully saturated rings. The second-order valence-corrected chi connectivity index (χ2v) is 10.9. The molecule has 2 aliphatic carbocycles. The summed E-state index contributed by atoms with van der Waals surface area (Å²) >= 11 is 0. The first-order valence-corrected chi connectivity index (χ1v) is 13.4. The number of hydrogen-bond donors (Lipinski definition) is 1. The minimum atomic E-state index is -0.727. The molecular formula is C32H32N2O4. The third kappa shape index (κ3) is 4.41. The summed E-state index contributed by atoms with van der Waals surface area (Å²) in [6, 6.07) is 19.8. The van der Waals surface area contributed by atoms with E-state index in [2.05, 4.69) is 11.0 Å². The van der Waals surface area contributed by atoms with E-state index in [1.807, 2.05) is 54.6 Å². The van der Waals surface area contributed by atoms with Crippen LogP contribution in [0, 0.1) is 16.7 Å². The van der Waals surface area contributed by atoms with Crippen LogP contribution in [0.3, 0.4) is 0 Å². The van der Waals surface area contributed by atoms with Crippen molar-refractivity contribution in [1.29, 1.82) is 5.26 Å². The van der Waals surface area contributed by atoms with Gasteiger partial charge in [0.15, 0.2) is 0 Å². The molecule has 0 unspecified atom stereocenters. The Hall–Kier alpha value is -3.82. The first kappa shape index (κ1) is 24.5. The molecule has 6 nitrogen and oxygen atoms in total. The number of benzene rings is 3. The van der Waals surface area contributed by atoms with Crippen LogP contribution in [0.25, 0.3) is 11.1 Å². The fourth-order valence-corrected chi connectivity index (χ4v) is 6.44. The van der Waals surface area contributed by atoms with Crippen molar-refractivity contribution in [1.82, 2.24) is 4.90 Å². The number of hydrogen-bond acceptors (Lipinski definition) is 5. The van der Waals surface area contributed by atoms with Gasteiger partial charge in [0.2, 0.25) is 0 Å². The van der Waals surface area contributed by atoms with E-state index in [0.29, 0.717) is 12.1 Å². The lowest BCUT2D eigenvalue weighted by molar-refractivity contribution is -0.142. The number of carbonyl (C=O) groups is 1. The maximum Gasteiger partial charge on any atom is 0.320 e. The van der Waals surface area contributed by atoms with Crippen molar-refractivity contribution in [3.63, 3.8) is 0 Å². The molecule has 3 aromatic rings. The van der Waals surface area contributed by atoms with Crippen molar-refractivity contribution >= 4 is 5.97 Å². The monoisotopic (exact) mass is 508 g/mol. The summed E-state index contributed by atoms with van der Waals surface area (Å²) in [6.45, 7) is 1.71. The van der Waals surface area contributed by atoms with Crippen LogP contribution in [0.5, 0.6) is 11.5 Å². The average molecular weight is 509 g/mol. The first-order chi connectivity index (χ1) is 18.5. The maximum absolute atomic E-state index is 12.0. The molecule has 194 valence electrons. The lowest BCUT2D eigenvalue weighted by atomic mass is 9.96. The minimum absolute atomic E-state index is 0.204.